The molecule has 5 nitrogen and oxygen atoms in total. The molecular weight excluding hydrogens is 386 g/mol. The van der Waals surface area contributed by atoms with Gasteiger partial charge in [-0.2, -0.15) is 0 Å². The molecule has 0 aliphatic heterocycles. The predicted molar refractivity (Wildman–Crippen MR) is 109 cm³/mol. The van der Waals surface area contributed by atoms with Crippen LogP contribution < -0.4 is 10.1 Å². The maximum atomic E-state index is 12.1. The zero-order valence-corrected chi connectivity index (χ0v) is 16.7. The highest BCUT2D eigenvalue weighted by Gasteiger charge is 2.08. The Hall–Kier alpha value is -2.03. The highest BCUT2D eigenvalue weighted by Crippen LogP contribution is 2.27. The van der Waals surface area contributed by atoms with E-state index in [4.69, 9.17) is 4.74 Å². The molecule has 1 amide bonds. The molecule has 0 saturated carbocycles. The Morgan fingerprint density at radius 2 is 1.65 bits per heavy atom. The monoisotopic (exact) mass is 403 g/mol. The van der Waals surface area contributed by atoms with Gasteiger partial charge in [0.1, 0.15) is 11.5 Å². The number of nitrogens with zero attached hydrogens (tertiary/aromatic N) is 2. The summed E-state index contributed by atoms with van der Waals surface area (Å²) in [6.45, 7) is 2.03. The summed E-state index contributed by atoms with van der Waals surface area (Å²) in [5.41, 5.74) is 1.92. The van der Waals surface area contributed by atoms with Gasteiger partial charge in [-0.1, -0.05) is 52.6 Å². The van der Waals surface area contributed by atoms with Gasteiger partial charge in [0, 0.05) is 5.69 Å². The molecule has 3 rings (SSSR count). The number of anilines is 1. The molecule has 0 aliphatic rings. The molecular formula is C18H17N3O2S3. The van der Waals surface area contributed by atoms with Crippen molar-refractivity contribution in [1.29, 1.82) is 0 Å². The van der Waals surface area contributed by atoms with Crippen LogP contribution in [0, 0.1) is 6.92 Å². The van der Waals surface area contributed by atoms with Crippen LogP contribution in [0.15, 0.2) is 57.2 Å². The van der Waals surface area contributed by atoms with Crippen molar-refractivity contribution in [3.8, 4) is 11.5 Å². The number of rotatable bonds is 7. The molecule has 26 heavy (non-hydrogen) atoms. The van der Waals surface area contributed by atoms with Gasteiger partial charge in [0.15, 0.2) is 8.68 Å². The third-order valence-corrected chi connectivity index (χ3v) is 6.32. The van der Waals surface area contributed by atoms with Gasteiger partial charge < -0.3 is 10.1 Å². The lowest BCUT2D eigenvalue weighted by atomic mass is 10.2. The largest absolute Gasteiger partial charge is 0.457 e. The van der Waals surface area contributed by atoms with Gasteiger partial charge in [0.2, 0.25) is 5.91 Å². The molecule has 0 fully saturated rings. The van der Waals surface area contributed by atoms with Gasteiger partial charge in [-0.3, -0.25) is 4.79 Å². The van der Waals surface area contributed by atoms with Crippen molar-refractivity contribution in [1.82, 2.24) is 10.2 Å². The minimum absolute atomic E-state index is 0.0805. The number of benzene rings is 2. The normalized spacial score (nSPS) is 10.5. The van der Waals surface area contributed by atoms with Crippen molar-refractivity contribution in [2.24, 2.45) is 0 Å². The first-order chi connectivity index (χ1) is 12.6. The number of aromatic nitrogens is 2. The van der Waals surface area contributed by atoms with Crippen LogP contribution in [-0.2, 0) is 4.79 Å². The smallest absolute Gasteiger partial charge is 0.234 e. The lowest BCUT2D eigenvalue weighted by Crippen LogP contribution is -2.13. The van der Waals surface area contributed by atoms with Gasteiger partial charge in [-0.15, -0.1) is 10.2 Å². The summed E-state index contributed by atoms with van der Waals surface area (Å²) in [4.78, 5) is 12.1. The number of nitrogens with one attached hydrogen (secondary N) is 1. The van der Waals surface area contributed by atoms with E-state index in [1.54, 1.807) is 11.8 Å². The average Bonchev–Trinajstić information content (AvgIpc) is 3.12. The Balaban J connectivity index is 1.50. The quantitative estimate of drug-likeness (QED) is 0.554. The lowest BCUT2D eigenvalue weighted by Gasteiger charge is -2.08. The van der Waals surface area contributed by atoms with Crippen molar-refractivity contribution in [2.45, 2.75) is 15.6 Å². The summed E-state index contributed by atoms with van der Waals surface area (Å²) in [6.07, 6.45) is 1.95. The summed E-state index contributed by atoms with van der Waals surface area (Å²) in [5.74, 6) is 1.72. The molecule has 134 valence electrons. The number of hydrogen-bond donors (Lipinski definition) is 1. The van der Waals surface area contributed by atoms with Gasteiger partial charge in [-0.05, 0) is 49.6 Å². The summed E-state index contributed by atoms with van der Waals surface area (Å²) in [6, 6.07) is 15.2. The Morgan fingerprint density at radius 3 is 2.27 bits per heavy atom. The number of aryl methyl sites for hydroxylation is 1. The van der Waals surface area contributed by atoms with E-state index in [1.165, 1.54) is 28.7 Å². The number of ether oxygens (including phenoxy) is 1. The van der Waals surface area contributed by atoms with Crippen LogP contribution in [0.3, 0.4) is 0 Å². The van der Waals surface area contributed by atoms with Gasteiger partial charge in [0.05, 0.1) is 5.75 Å². The molecule has 1 N–H and O–H groups in total. The first kappa shape index (κ1) is 18.8. The SMILES string of the molecule is CSc1nnc(SCC(=O)Nc2ccc(Oc3ccc(C)cc3)cc2)s1. The van der Waals surface area contributed by atoms with E-state index in [9.17, 15) is 4.79 Å². The van der Waals surface area contributed by atoms with E-state index in [1.807, 2.05) is 61.7 Å². The fraction of sp³-hybridized carbons (Fsp3) is 0.167. The summed E-state index contributed by atoms with van der Waals surface area (Å²) in [7, 11) is 0. The van der Waals surface area contributed by atoms with Crippen LogP contribution in [0.1, 0.15) is 5.56 Å². The van der Waals surface area contributed by atoms with Crippen LogP contribution in [0.25, 0.3) is 0 Å². The van der Waals surface area contributed by atoms with Crippen molar-refractivity contribution in [3.63, 3.8) is 0 Å². The van der Waals surface area contributed by atoms with Gasteiger partial charge in [-0.25, -0.2) is 0 Å². The van der Waals surface area contributed by atoms with E-state index >= 15 is 0 Å². The van der Waals surface area contributed by atoms with Crippen LogP contribution in [0.2, 0.25) is 0 Å². The summed E-state index contributed by atoms with van der Waals surface area (Å²) in [5, 5.41) is 10.9. The second-order valence-corrected chi connectivity index (χ2v) is 8.57. The highest BCUT2D eigenvalue weighted by molar-refractivity contribution is 8.03. The molecule has 1 heterocycles. The second-order valence-electron chi connectivity index (χ2n) is 5.31. The van der Waals surface area contributed by atoms with E-state index in [0.29, 0.717) is 5.75 Å². The molecule has 8 heteroatoms. The minimum Gasteiger partial charge on any atom is -0.457 e. The Bertz CT molecular complexity index is 864. The van der Waals surface area contributed by atoms with E-state index in [-0.39, 0.29) is 5.91 Å². The van der Waals surface area contributed by atoms with Crippen molar-refractivity contribution in [2.75, 3.05) is 17.3 Å². The van der Waals surface area contributed by atoms with Crippen LogP contribution in [-0.4, -0.2) is 28.1 Å². The third kappa shape index (κ3) is 5.48. The fourth-order valence-corrected chi connectivity index (χ4v) is 4.25. The van der Waals surface area contributed by atoms with Crippen molar-refractivity contribution >= 4 is 46.5 Å². The fourth-order valence-electron chi connectivity index (χ4n) is 2.01. The van der Waals surface area contributed by atoms with E-state index < -0.39 is 0 Å². The number of carbonyl (C=O) groups excluding carboxylic acids is 1. The van der Waals surface area contributed by atoms with E-state index in [0.717, 1.165) is 25.9 Å². The highest BCUT2D eigenvalue weighted by atomic mass is 32.2. The third-order valence-electron chi connectivity index (χ3n) is 3.28. The molecule has 0 saturated heterocycles. The molecule has 0 radical (unpaired) electrons. The van der Waals surface area contributed by atoms with Crippen LogP contribution >= 0.6 is 34.9 Å². The van der Waals surface area contributed by atoms with Crippen LogP contribution in [0.5, 0.6) is 11.5 Å². The Kier molecular flexibility index (Phi) is 6.54. The zero-order chi connectivity index (χ0) is 18.4. The van der Waals surface area contributed by atoms with Crippen molar-refractivity contribution in [3.05, 3.63) is 54.1 Å². The zero-order valence-electron chi connectivity index (χ0n) is 14.3. The lowest BCUT2D eigenvalue weighted by molar-refractivity contribution is -0.113. The summed E-state index contributed by atoms with van der Waals surface area (Å²) >= 11 is 4.42. The number of hydrogen-bond acceptors (Lipinski definition) is 7. The maximum Gasteiger partial charge on any atom is 0.234 e. The maximum absolute atomic E-state index is 12.1. The molecule has 0 aliphatic carbocycles. The van der Waals surface area contributed by atoms with Crippen LogP contribution in [0.4, 0.5) is 5.69 Å². The first-order valence-corrected chi connectivity index (χ1v) is 10.8. The molecule has 0 atom stereocenters. The predicted octanol–water partition coefficient (Wildman–Crippen LogP) is 5.09. The average molecular weight is 404 g/mol. The van der Waals surface area contributed by atoms with Crippen molar-refractivity contribution < 1.29 is 9.53 Å². The summed E-state index contributed by atoms with van der Waals surface area (Å²) < 4.78 is 7.48. The van der Waals surface area contributed by atoms with Gasteiger partial charge >= 0.3 is 0 Å². The standard InChI is InChI=1S/C18H17N3O2S3/c1-12-3-7-14(8-4-12)23-15-9-5-13(6-10-15)19-16(22)11-25-18-21-20-17(24-2)26-18/h3-10H,11H2,1-2H3,(H,19,22). The number of amides is 1. The van der Waals surface area contributed by atoms with Gasteiger partial charge in [0.25, 0.3) is 0 Å². The number of thioether (sulfide) groups is 2. The number of carbonyl (C=O) groups is 1. The molecule has 0 unspecified atom stereocenters. The molecule has 1 aromatic heterocycles. The van der Waals surface area contributed by atoms with E-state index in [2.05, 4.69) is 15.5 Å². The molecule has 2 aromatic carbocycles. The minimum atomic E-state index is -0.0805. The Labute approximate surface area is 164 Å². The molecule has 0 bridgehead atoms. The molecule has 0 spiro atoms. The Morgan fingerprint density at radius 1 is 1.04 bits per heavy atom. The molecule has 3 aromatic rings. The topological polar surface area (TPSA) is 64.1 Å². The second kappa shape index (κ2) is 9.07. The first-order valence-electron chi connectivity index (χ1n) is 7.77.